The molecule has 1 heterocycles. The van der Waals surface area contributed by atoms with Crippen molar-refractivity contribution in [3.05, 3.63) is 0 Å². The second-order valence-electron chi connectivity index (χ2n) is 6.62. The lowest BCUT2D eigenvalue weighted by Crippen LogP contribution is -2.44. The van der Waals surface area contributed by atoms with Crippen molar-refractivity contribution >= 4 is 35.8 Å². The lowest BCUT2D eigenvalue weighted by Gasteiger charge is -2.33. The molecule has 0 bridgehead atoms. The molecule has 1 saturated heterocycles. The van der Waals surface area contributed by atoms with Crippen LogP contribution >= 0.6 is 24.0 Å². The number of carbonyl (C=O) groups excluding carboxylic acids is 1. The maximum Gasteiger partial charge on any atom is 0.224 e. The Hall–Kier alpha value is -0.530. The van der Waals surface area contributed by atoms with Crippen LogP contribution < -0.4 is 10.6 Å². The zero-order valence-electron chi connectivity index (χ0n) is 15.4. The molecule has 0 aromatic rings. The molecule has 1 aliphatic heterocycles. The van der Waals surface area contributed by atoms with E-state index in [0.717, 1.165) is 31.9 Å². The second-order valence-corrected chi connectivity index (χ2v) is 6.62. The number of likely N-dealkylation sites (tertiary alicyclic amines) is 1. The minimum atomic E-state index is 0. The fourth-order valence-corrected chi connectivity index (χ4v) is 2.58. The summed E-state index contributed by atoms with van der Waals surface area (Å²) in [7, 11) is 0. The van der Waals surface area contributed by atoms with E-state index in [0.29, 0.717) is 31.0 Å². The molecule has 136 valence electrons. The number of guanidine groups is 1. The number of rotatable bonds is 6. The SMILES string of the molecule is CCNC(=NCCC(=O)N1CCCCC1C)NC(C)C(C)C.I. The Morgan fingerprint density at radius 2 is 2.00 bits per heavy atom. The number of hydrogen-bond acceptors (Lipinski definition) is 2. The molecule has 0 saturated carbocycles. The van der Waals surface area contributed by atoms with E-state index in [-0.39, 0.29) is 29.9 Å². The Labute approximate surface area is 159 Å². The minimum absolute atomic E-state index is 0. The van der Waals surface area contributed by atoms with Crippen molar-refractivity contribution in [2.75, 3.05) is 19.6 Å². The number of nitrogens with zero attached hydrogens (tertiary/aromatic N) is 2. The van der Waals surface area contributed by atoms with Gasteiger partial charge in [-0.2, -0.15) is 0 Å². The molecule has 0 aromatic heterocycles. The van der Waals surface area contributed by atoms with Gasteiger partial charge >= 0.3 is 0 Å². The fourth-order valence-electron chi connectivity index (χ4n) is 2.58. The van der Waals surface area contributed by atoms with Gasteiger partial charge in [-0.15, -0.1) is 24.0 Å². The summed E-state index contributed by atoms with van der Waals surface area (Å²) in [6, 6.07) is 0.744. The lowest BCUT2D eigenvalue weighted by molar-refractivity contribution is -0.134. The third-order valence-corrected chi connectivity index (χ3v) is 4.43. The van der Waals surface area contributed by atoms with E-state index in [4.69, 9.17) is 0 Å². The predicted octanol–water partition coefficient (Wildman–Crippen LogP) is 3.00. The van der Waals surface area contributed by atoms with Crippen molar-refractivity contribution in [1.82, 2.24) is 15.5 Å². The Morgan fingerprint density at radius 1 is 1.30 bits per heavy atom. The second kappa shape index (κ2) is 11.9. The Bertz CT molecular complexity index is 374. The summed E-state index contributed by atoms with van der Waals surface area (Å²) in [5.41, 5.74) is 0. The largest absolute Gasteiger partial charge is 0.357 e. The number of amides is 1. The molecule has 2 unspecified atom stereocenters. The first-order valence-electron chi connectivity index (χ1n) is 8.80. The quantitative estimate of drug-likeness (QED) is 0.381. The van der Waals surface area contributed by atoms with Crippen LogP contribution in [0.2, 0.25) is 0 Å². The van der Waals surface area contributed by atoms with Crippen molar-refractivity contribution < 1.29 is 4.79 Å². The van der Waals surface area contributed by atoms with Crippen LogP contribution in [0.25, 0.3) is 0 Å². The molecule has 2 atom stereocenters. The van der Waals surface area contributed by atoms with E-state index < -0.39 is 0 Å². The summed E-state index contributed by atoms with van der Waals surface area (Å²) in [6.45, 7) is 13.0. The Morgan fingerprint density at radius 3 is 2.57 bits per heavy atom. The number of hydrogen-bond donors (Lipinski definition) is 2. The highest BCUT2D eigenvalue weighted by Crippen LogP contribution is 2.17. The van der Waals surface area contributed by atoms with Gasteiger partial charge in [0.2, 0.25) is 5.91 Å². The van der Waals surface area contributed by atoms with Gasteiger partial charge in [0.1, 0.15) is 0 Å². The number of aliphatic imine (C=N–C) groups is 1. The van der Waals surface area contributed by atoms with Crippen molar-refractivity contribution in [3.63, 3.8) is 0 Å². The van der Waals surface area contributed by atoms with E-state index in [1.807, 2.05) is 4.90 Å². The van der Waals surface area contributed by atoms with Crippen molar-refractivity contribution in [3.8, 4) is 0 Å². The molecule has 0 aromatic carbocycles. The van der Waals surface area contributed by atoms with Gasteiger partial charge in [-0.3, -0.25) is 9.79 Å². The van der Waals surface area contributed by atoms with Gasteiger partial charge in [0.25, 0.3) is 0 Å². The topological polar surface area (TPSA) is 56.7 Å². The first kappa shape index (κ1) is 22.5. The van der Waals surface area contributed by atoms with Gasteiger partial charge in [0, 0.05) is 31.6 Å². The van der Waals surface area contributed by atoms with Crippen molar-refractivity contribution in [2.24, 2.45) is 10.9 Å². The minimum Gasteiger partial charge on any atom is -0.357 e. The summed E-state index contributed by atoms with van der Waals surface area (Å²) < 4.78 is 0. The first-order chi connectivity index (χ1) is 10.5. The van der Waals surface area contributed by atoms with Crippen LogP contribution in [-0.2, 0) is 4.79 Å². The molecule has 5 nitrogen and oxygen atoms in total. The Balaban J connectivity index is 0.00000484. The average Bonchev–Trinajstić information content (AvgIpc) is 2.47. The fraction of sp³-hybridized carbons (Fsp3) is 0.882. The van der Waals surface area contributed by atoms with Gasteiger partial charge in [-0.1, -0.05) is 13.8 Å². The van der Waals surface area contributed by atoms with Crippen LogP contribution in [0, 0.1) is 5.92 Å². The highest BCUT2D eigenvalue weighted by atomic mass is 127. The molecule has 23 heavy (non-hydrogen) atoms. The molecule has 1 aliphatic rings. The van der Waals surface area contributed by atoms with E-state index in [1.54, 1.807) is 0 Å². The normalized spacial score (nSPS) is 20.0. The van der Waals surface area contributed by atoms with Crippen LogP contribution in [0.4, 0.5) is 0 Å². The molecule has 1 rings (SSSR count). The summed E-state index contributed by atoms with van der Waals surface area (Å²) in [6.07, 6.45) is 4.00. The lowest BCUT2D eigenvalue weighted by atomic mass is 10.0. The maximum absolute atomic E-state index is 12.3. The van der Waals surface area contributed by atoms with E-state index in [2.05, 4.69) is 50.2 Å². The molecule has 6 heteroatoms. The van der Waals surface area contributed by atoms with Crippen LogP contribution in [0.3, 0.4) is 0 Å². The summed E-state index contributed by atoms with van der Waals surface area (Å²) >= 11 is 0. The zero-order valence-corrected chi connectivity index (χ0v) is 17.7. The predicted molar refractivity (Wildman–Crippen MR) is 108 cm³/mol. The number of nitrogens with one attached hydrogen (secondary N) is 2. The number of carbonyl (C=O) groups is 1. The molecule has 2 N–H and O–H groups in total. The molecule has 1 amide bonds. The van der Waals surface area contributed by atoms with E-state index in [1.165, 1.54) is 6.42 Å². The Kier molecular flexibility index (Phi) is 11.6. The van der Waals surface area contributed by atoms with Crippen molar-refractivity contribution in [2.45, 2.75) is 72.4 Å². The van der Waals surface area contributed by atoms with Gasteiger partial charge in [0.05, 0.1) is 6.54 Å². The first-order valence-corrected chi connectivity index (χ1v) is 8.80. The summed E-state index contributed by atoms with van der Waals surface area (Å²) in [5, 5.41) is 6.64. The summed E-state index contributed by atoms with van der Waals surface area (Å²) in [4.78, 5) is 18.9. The van der Waals surface area contributed by atoms with Crippen LogP contribution in [0.1, 0.15) is 60.3 Å². The third kappa shape index (κ3) is 8.22. The van der Waals surface area contributed by atoms with Crippen molar-refractivity contribution in [1.29, 1.82) is 0 Å². The summed E-state index contributed by atoms with van der Waals surface area (Å²) in [5.74, 6) is 1.59. The zero-order chi connectivity index (χ0) is 16.5. The number of piperidine rings is 1. The van der Waals surface area contributed by atoms with Gasteiger partial charge in [0.15, 0.2) is 5.96 Å². The maximum atomic E-state index is 12.3. The van der Waals surface area contributed by atoms with Crippen LogP contribution in [0.15, 0.2) is 4.99 Å². The van der Waals surface area contributed by atoms with Gasteiger partial charge in [-0.25, -0.2) is 0 Å². The molecule has 0 radical (unpaired) electrons. The molecular weight excluding hydrogens is 403 g/mol. The van der Waals surface area contributed by atoms with Gasteiger partial charge < -0.3 is 15.5 Å². The van der Waals surface area contributed by atoms with Crippen LogP contribution in [-0.4, -0.2) is 48.5 Å². The monoisotopic (exact) mass is 438 g/mol. The molecule has 1 fully saturated rings. The molecular formula is C17H35IN4O. The highest BCUT2D eigenvalue weighted by Gasteiger charge is 2.22. The van der Waals surface area contributed by atoms with E-state index >= 15 is 0 Å². The van der Waals surface area contributed by atoms with E-state index in [9.17, 15) is 4.79 Å². The average molecular weight is 438 g/mol. The smallest absolute Gasteiger partial charge is 0.224 e. The third-order valence-electron chi connectivity index (χ3n) is 4.43. The number of halogens is 1. The van der Waals surface area contributed by atoms with Gasteiger partial charge in [-0.05, 0) is 46.0 Å². The molecule has 0 aliphatic carbocycles. The molecule has 0 spiro atoms. The highest BCUT2D eigenvalue weighted by molar-refractivity contribution is 14.0. The van der Waals surface area contributed by atoms with Crippen LogP contribution in [0.5, 0.6) is 0 Å². The standard InChI is InChI=1S/C17H34N4O.HI/c1-6-18-17(20-15(5)13(2)3)19-11-10-16(22)21-12-8-7-9-14(21)4;/h13-15H,6-12H2,1-5H3,(H2,18,19,20);1H.